The van der Waals surface area contributed by atoms with Crippen LogP contribution in [0.5, 0.6) is 0 Å². The van der Waals surface area contributed by atoms with E-state index in [4.69, 9.17) is 5.11 Å². The Kier molecular flexibility index (Phi) is 6.10. The van der Waals surface area contributed by atoms with Crippen LogP contribution in [-0.2, 0) is 11.3 Å². The minimum absolute atomic E-state index is 0.0987. The number of aliphatic hydroxyl groups is 1. The molecule has 1 aromatic rings. The second-order valence-electron chi connectivity index (χ2n) is 5.05. The summed E-state index contributed by atoms with van der Waals surface area (Å²) in [5.74, 6) is 0.170. The molecule has 0 aliphatic heterocycles. The maximum atomic E-state index is 11.7. The standard InChI is InChI=1S/C12H20N4O4/c1-9(2)5-10(8-17)14-12(18)3-4-15-7-11(6-13-15)16(19)20/h6-7,9-10,17H,3-5,8H2,1-2H3,(H,14,18). The lowest BCUT2D eigenvalue weighted by molar-refractivity contribution is -0.385. The van der Waals surface area contributed by atoms with Gasteiger partial charge in [0.25, 0.3) is 0 Å². The van der Waals surface area contributed by atoms with E-state index in [2.05, 4.69) is 10.4 Å². The van der Waals surface area contributed by atoms with E-state index in [9.17, 15) is 14.9 Å². The van der Waals surface area contributed by atoms with Crippen LogP contribution in [0.2, 0.25) is 0 Å². The number of nitrogens with one attached hydrogen (secondary N) is 1. The van der Waals surface area contributed by atoms with E-state index in [0.717, 1.165) is 6.20 Å². The number of hydrogen-bond donors (Lipinski definition) is 2. The number of carbonyl (C=O) groups is 1. The smallest absolute Gasteiger partial charge is 0.306 e. The number of carbonyl (C=O) groups excluding carboxylic acids is 1. The summed E-state index contributed by atoms with van der Waals surface area (Å²) in [6.45, 7) is 4.19. The molecule has 0 spiro atoms. The first-order valence-corrected chi connectivity index (χ1v) is 6.49. The molecule has 0 fully saturated rings. The summed E-state index contributed by atoms with van der Waals surface area (Å²) >= 11 is 0. The first-order chi connectivity index (χ1) is 9.42. The summed E-state index contributed by atoms with van der Waals surface area (Å²) in [5.41, 5.74) is -0.0987. The van der Waals surface area contributed by atoms with Crippen LogP contribution in [-0.4, -0.2) is 38.4 Å². The lowest BCUT2D eigenvalue weighted by Crippen LogP contribution is -2.38. The predicted octanol–water partition coefficient (Wildman–Crippen LogP) is 0.705. The first kappa shape index (κ1) is 16.1. The molecule has 0 aliphatic rings. The van der Waals surface area contributed by atoms with Crippen LogP contribution in [0.15, 0.2) is 12.4 Å². The molecular weight excluding hydrogens is 264 g/mol. The third-order valence-electron chi connectivity index (χ3n) is 2.74. The second-order valence-corrected chi connectivity index (χ2v) is 5.05. The van der Waals surface area contributed by atoms with Crippen molar-refractivity contribution in [1.29, 1.82) is 0 Å². The van der Waals surface area contributed by atoms with Crippen molar-refractivity contribution in [2.24, 2.45) is 5.92 Å². The SMILES string of the molecule is CC(C)CC(CO)NC(=O)CCn1cc([N+](=O)[O-])cn1. The Morgan fingerprint density at radius 3 is 2.80 bits per heavy atom. The Labute approximate surface area is 116 Å². The van der Waals surface area contributed by atoms with Gasteiger partial charge in [-0.25, -0.2) is 0 Å². The van der Waals surface area contributed by atoms with Crippen LogP contribution in [0, 0.1) is 16.0 Å². The van der Waals surface area contributed by atoms with Gasteiger partial charge in [0.1, 0.15) is 12.4 Å². The molecule has 0 radical (unpaired) electrons. The van der Waals surface area contributed by atoms with Crippen LogP contribution < -0.4 is 5.32 Å². The molecule has 0 aromatic carbocycles. The molecule has 1 unspecified atom stereocenters. The van der Waals surface area contributed by atoms with Gasteiger partial charge in [0.05, 0.1) is 17.6 Å². The molecule has 2 N–H and O–H groups in total. The van der Waals surface area contributed by atoms with E-state index < -0.39 is 4.92 Å². The molecule has 1 amide bonds. The number of aliphatic hydroxyl groups excluding tert-OH is 1. The van der Waals surface area contributed by atoms with Gasteiger partial charge < -0.3 is 10.4 Å². The van der Waals surface area contributed by atoms with Crippen LogP contribution in [0.25, 0.3) is 0 Å². The highest BCUT2D eigenvalue weighted by atomic mass is 16.6. The van der Waals surface area contributed by atoms with Gasteiger partial charge in [-0.1, -0.05) is 13.8 Å². The fourth-order valence-electron chi connectivity index (χ4n) is 1.83. The van der Waals surface area contributed by atoms with Gasteiger partial charge in [-0.15, -0.1) is 0 Å². The summed E-state index contributed by atoms with van der Waals surface area (Å²) in [5, 5.41) is 26.2. The summed E-state index contributed by atoms with van der Waals surface area (Å²) in [6.07, 6.45) is 3.29. The van der Waals surface area contributed by atoms with Crippen molar-refractivity contribution in [2.75, 3.05) is 6.61 Å². The summed E-state index contributed by atoms with van der Waals surface area (Å²) in [6, 6.07) is -0.255. The van der Waals surface area contributed by atoms with E-state index in [-0.39, 0.29) is 37.2 Å². The van der Waals surface area contributed by atoms with Gasteiger partial charge in [0.2, 0.25) is 5.91 Å². The number of hydrogen-bond acceptors (Lipinski definition) is 5. The average molecular weight is 284 g/mol. The third-order valence-corrected chi connectivity index (χ3v) is 2.74. The van der Waals surface area contributed by atoms with Gasteiger partial charge in [-0.2, -0.15) is 5.10 Å². The monoisotopic (exact) mass is 284 g/mol. The number of amides is 1. The van der Waals surface area contributed by atoms with E-state index in [1.54, 1.807) is 0 Å². The Bertz CT molecular complexity index is 458. The Balaban J connectivity index is 2.40. The van der Waals surface area contributed by atoms with E-state index in [0.29, 0.717) is 12.3 Å². The molecule has 112 valence electrons. The molecule has 8 heteroatoms. The fraction of sp³-hybridized carbons (Fsp3) is 0.667. The normalized spacial score (nSPS) is 12.4. The molecule has 8 nitrogen and oxygen atoms in total. The van der Waals surface area contributed by atoms with Crippen molar-refractivity contribution in [1.82, 2.24) is 15.1 Å². The van der Waals surface area contributed by atoms with E-state index in [1.807, 2.05) is 13.8 Å². The van der Waals surface area contributed by atoms with Crippen molar-refractivity contribution in [2.45, 2.75) is 39.3 Å². The van der Waals surface area contributed by atoms with Crippen molar-refractivity contribution >= 4 is 11.6 Å². The highest BCUT2D eigenvalue weighted by Crippen LogP contribution is 2.08. The molecule has 1 atom stereocenters. The number of nitro groups is 1. The average Bonchev–Trinajstić information content (AvgIpc) is 2.84. The minimum atomic E-state index is -0.534. The van der Waals surface area contributed by atoms with Gasteiger partial charge >= 0.3 is 5.69 Å². The Morgan fingerprint density at radius 2 is 2.30 bits per heavy atom. The van der Waals surface area contributed by atoms with Crippen LogP contribution in [0.1, 0.15) is 26.7 Å². The van der Waals surface area contributed by atoms with Crippen molar-refractivity contribution in [3.8, 4) is 0 Å². The molecule has 20 heavy (non-hydrogen) atoms. The maximum Gasteiger partial charge on any atom is 0.306 e. The fourth-order valence-corrected chi connectivity index (χ4v) is 1.83. The zero-order chi connectivity index (χ0) is 15.1. The van der Waals surface area contributed by atoms with Gasteiger partial charge in [-0.3, -0.25) is 19.6 Å². The number of aromatic nitrogens is 2. The van der Waals surface area contributed by atoms with Crippen LogP contribution >= 0.6 is 0 Å². The third kappa shape index (κ3) is 5.35. The highest BCUT2D eigenvalue weighted by Gasteiger charge is 2.14. The molecule has 1 heterocycles. The molecule has 1 rings (SSSR count). The summed E-state index contributed by atoms with van der Waals surface area (Å²) in [4.78, 5) is 21.7. The predicted molar refractivity (Wildman–Crippen MR) is 72.0 cm³/mol. The van der Waals surface area contributed by atoms with Gasteiger partial charge in [0.15, 0.2) is 0 Å². The van der Waals surface area contributed by atoms with E-state index >= 15 is 0 Å². The van der Waals surface area contributed by atoms with Crippen molar-refractivity contribution in [3.05, 3.63) is 22.5 Å². The van der Waals surface area contributed by atoms with Gasteiger partial charge in [-0.05, 0) is 12.3 Å². The zero-order valence-corrected chi connectivity index (χ0v) is 11.7. The molecule has 0 aliphatic carbocycles. The van der Waals surface area contributed by atoms with Gasteiger partial charge in [0, 0.05) is 13.0 Å². The molecule has 0 bridgehead atoms. The molecular formula is C12H20N4O4. The Hall–Kier alpha value is -1.96. The lowest BCUT2D eigenvalue weighted by atomic mass is 10.0. The largest absolute Gasteiger partial charge is 0.394 e. The molecule has 1 aromatic heterocycles. The van der Waals surface area contributed by atoms with Crippen molar-refractivity contribution < 1.29 is 14.8 Å². The lowest BCUT2D eigenvalue weighted by Gasteiger charge is -2.18. The number of rotatable bonds is 8. The highest BCUT2D eigenvalue weighted by molar-refractivity contribution is 5.76. The van der Waals surface area contributed by atoms with Crippen molar-refractivity contribution in [3.63, 3.8) is 0 Å². The molecule has 0 saturated heterocycles. The molecule has 0 saturated carbocycles. The zero-order valence-electron chi connectivity index (χ0n) is 11.7. The summed E-state index contributed by atoms with van der Waals surface area (Å²) in [7, 11) is 0. The second kappa shape index (κ2) is 7.59. The Morgan fingerprint density at radius 1 is 1.60 bits per heavy atom. The van der Waals surface area contributed by atoms with Crippen LogP contribution in [0.3, 0.4) is 0 Å². The minimum Gasteiger partial charge on any atom is -0.394 e. The topological polar surface area (TPSA) is 110 Å². The quantitative estimate of drug-likeness (QED) is 0.539. The number of aryl methyl sites for hydroxylation is 1. The maximum absolute atomic E-state index is 11.7. The summed E-state index contributed by atoms with van der Waals surface area (Å²) < 4.78 is 1.36. The first-order valence-electron chi connectivity index (χ1n) is 6.49. The van der Waals surface area contributed by atoms with Crippen LogP contribution in [0.4, 0.5) is 5.69 Å². The van der Waals surface area contributed by atoms with E-state index in [1.165, 1.54) is 10.9 Å². The number of nitrogens with zero attached hydrogens (tertiary/aromatic N) is 3.